The molecule has 0 aliphatic carbocycles. The highest BCUT2D eigenvalue weighted by Gasteiger charge is 2.24. The van der Waals surface area contributed by atoms with Gasteiger partial charge in [-0.15, -0.1) is 0 Å². The Morgan fingerprint density at radius 1 is 1.33 bits per heavy atom. The van der Waals surface area contributed by atoms with Crippen LogP contribution in [0.5, 0.6) is 0 Å². The molecule has 0 aromatic carbocycles. The molecule has 0 saturated heterocycles. The first kappa shape index (κ1) is 17.8. The average molecular weight is 312 g/mol. The van der Waals surface area contributed by atoms with Gasteiger partial charge in [0.25, 0.3) is 5.91 Å². The Morgan fingerprint density at radius 2 is 2.00 bits per heavy atom. The molecule has 1 aromatic rings. The van der Waals surface area contributed by atoms with Crippen molar-refractivity contribution in [1.82, 2.24) is 9.88 Å². The summed E-state index contributed by atoms with van der Waals surface area (Å²) in [7, 11) is 0. The first-order valence-corrected chi connectivity index (χ1v) is 8.52. The summed E-state index contributed by atoms with van der Waals surface area (Å²) in [4.78, 5) is 19.4. The van der Waals surface area contributed by atoms with E-state index >= 15 is 0 Å². The smallest absolute Gasteiger partial charge is 0.268 e. The van der Waals surface area contributed by atoms with Crippen LogP contribution in [0.4, 0.5) is 10.9 Å². The van der Waals surface area contributed by atoms with Gasteiger partial charge in [0, 0.05) is 18.6 Å². The van der Waals surface area contributed by atoms with Gasteiger partial charge in [0.15, 0.2) is 5.13 Å². The maximum Gasteiger partial charge on any atom is 0.268 e. The fourth-order valence-corrected chi connectivity index (χ4v) is 3.04. The average Bonchev–Trinajstić information content (AvgIpc) is 2.73. The van der Waals surface area contributed by atoms with E-state index in [1.807, 2.05) is 32.6 Å². The van der Waals surface area contributed by atoms with Crippen molar-refractivity contribution in [2.24, 2.45) is 0 Å². The predicted molar refractivity (Wildman–Crippen MR) is 91.0 cm³/mol. The van der Waals surface area contributed by atoms with Gasteiger partial charge in [-0.2, -0.15) is 0 Å². The van der Waals surface area contributed by atoms with E-state index < -0.39 is 0 Å². The Morgan fingerprint density at radius 3 is 2.52 bits per heavy atom. The highest BCUT2D eigenvalue weighted by molar-refractivity contribution is 7.18. The minimum atomic E-state index is -0.00657. The summed E-state index contributed by atoms with van der Waals surface area (Å²) < 4.78 is 0. The lowest BCUT2D eigenvalue weighted by Gasteiger charge is -2.26. The van der Waals surface area contributed by atoms with Gasteiger partial charge >= 0.3 is 0 Å². The number of anilines is 2. The molecule has 1 amide bonds. The van der Waals surface area contributed by atoms with Gasteiger partial charge in [-0.25, -0.2) is 4.98 Å². The van der Waals surface area contributed by atoms with Crippen LogP contribution in [0.3, 0.4) is 0 Å². The maximum absolute atomic E-state index is 12.7. The maximum atomic E-state index is 12.7. The van der Waals surface area contributed by atoms with Crippen molar-refractivity contribution in [3.8, 4) is 0 Å². The van der Waals surface area contributed by atoms with E-state index in [4.69, 9.17) is 5.73 Å². The molecular weight excluding hydrogens is 284 g/mol. The summed E-state index contributed by atoms with van der Waals surface area (Å²) in [5.41, 5.74) is 5.92. The van der Waals surface area contributed by atoms with E-state index in [1.54, 1.807) is 0 Å². The van der Waals surface area contributed by atoms with Gasteiger partial charge in [0.2, 0.25) is 0 Å². The zero-order valence-electron chi connectivity index (χ0n) is 13.8. The van der Waals surface area contributed by atoms with Gasteiger partial charge in [-0.1, -0.05) is 31.1 Å². The van der Waals surface area contributed by atoms with Crippen LogP contribution in [0.15, 0.2) is 0 Å². The summed E-state index contributed by atoms with van der Waals surface area (Å²) >= 11 is 1.34. The lowest BCUT2D eigenvalue weighted by atomic mass is 10.2. The van der Waals surface area contributed by atoms with Crippen LogP contribution in [0, 0.1) is 0 Å². The number of nitrogens with one attached hydrogen (secondary N) is 1. The molecule has 21 heavy (non-hydrogen) atoms. The first-order valence-electron chi connectivity index (χ1n) is 7.70. The normalized spacial score (nSPS) is 11.2. The molecule has 0 spiro atoms. The van der Waals surface area contributed by atoms with Gasteiger partial charge in [0.05, 0.1) is 0 Å². The number of nitrogens with zero attached hydrogens (tertiary/aromatic N) is 2. The predicted octanol–water partition coefficient (Wildman–Crippen LogP) is 3.59. The van der Waals surface area contributed by atoms with Crippen LogP contribution >= 0.6 is 11.3 Å². The Bertz CT molecular complexity index is 457. The van der Waals surface area contributed by atoms with Crippen molar-refractivity contribution in [2.45, 2.75) is 66.0 Å². The standard InChI is InChI=1S/C15H28N4OS/c1-6-7-8-9-19(11(4)5)14(20)12-13(16)18-15(21-12)17-10(2)3/h10-11H,6-9,16H2,1-5H3,(H,17,18). The highest BCUT2D eigenvalue weighted by atomic mass is 32.1. The van der Waals surface area contributed by atoms with Crippen molar-refractivity contribution in [1.29, 1.82) is 0 Å². The van der Waals surface area contributed by atoms with E-state index in [9.17, 15) is 4.79 Å². The topological polar surface area (TPSA) is 71.2 Å². The van der Waals surface area contributed by atoms with Crippen LogP contribution in [0.2, 0.25) is 0 Å². The number of hydrogen-bond donors (Lipinski definition) is 2. The Balaban J connectivity index is 2.85. The lowest BCUT2D eigenvalue weighted by Crippen LogP contribution is -2.37. The summed E-state index contributed by atoms with van der Waals surface area (Å²) in [5.74, 6) is 0.321. The zero-order chi connectivity index (χ0) is 16.0. The number of unbranched alkanes of at least 4 members (excludes halogenated alkanes) is 2. The van der Waals surface area contributed by atoms with Crippen LogP contribution in [0.25, 0.3) is 0 Å². The van der Waals surface area contributed by atoms with Crippen molar-refractivity contribution in [2.75, 3.05) is 17.6 Å². The SMILES string of the molecule is CCCCCN(C(=O)c1sc(NC(C)C)nc1N)C(C)C. The van der Waals surface area contributed by atoms with Crippen molar-refractivity contribution in [3.63, 3.8) is 0 Å². The largest absolute Gasteiger partial charge is 0.382 e. The molecule has 0 atom stereocenters. The summed E-state index contributed by atoms with van der Waals surface area (Å²) in [6.45, 7) is 11.1. The summed E-state index contributed by atoms with van der Waals surface area (Å²) in [6.07, 6.45) is 3.30. The van der Waals surface area contributed by atoms with Gasteiger partial charge in [0.1, 0.15) is 10.7 Å². The molecule has 0 aliphatic rings. The first-order chi connectivity index (χ1) is 9.86. The molecule has 3 N–H and O–H groups in total. The number of carbonyl (C=O) groups excluding carboxylic acids is 1. The molecule has 0 saturated carbocycles. The Labute approximate surface area is 131 Å². The minimum absolute atomic E-state index is 0.00657. The van der Waals surface area contributed by atoms with Crippen LogP contribution in [-0.2, 0) is 0 Å². The molecule has 1 aromatic heterocycles. The fraction of sp³-hybridized carbons (Fsp3) is 0.733. The number of aromatic nitrogens is 1. The monoisotopic (exact) mass is 312 g/mol. The number of thiazole rings is 1. The fourth-order valence-electron chi connectivity index (χ4n) is 2.05. The third-order valence-corrected chi connectivity index (χ3v) is 4.14. The van der Waals surface area contributed by atoms with Gasteiger partial charge in [-0.05, 0) is 34.1 Å². The minimum Gasteiger partial charge on any atom is -0.382 e. The lowest BCUT2D eigenvalue weighted by molar-refractivity contribution is 0.0708. The number of nitrogen functional groups attached to an aromatic ring is 1. The molecule has 0 aliphatic heterocycles. The second-order valence-corrected chi connectivity index (χ2v) is 6.83. The molecule has 0 fully saturated rings. The van der Waals surface area contributed by atoms with E-state index in [0.29, 0.717) is 15.8 Å². The van der Waals surface area contributed by atoms with E-state index in [-0.39, 0.29) is 18.0 Å². The second-order valence-electron chi connectivity index (χ2n) is 5.83. The van der Waals surface area contributed by atoms with E-state index in [2.05, 4.69) is 17.2 Å². The summed E-state index contributed by atoms with van der Waals surface area (Å²) in [5, 5.41) is 3.91. The third-order valence-electron chi connectivity index (χ3n) is 3.15. The quantitative estimate of drug-likeness (QED) is 0.720. The van der Waals surface area contributed by atoms with E-state index in [1.165, 1.54) is 11.3 Å². The van der Waals surface area contributed by atoms with Crippen molar-refractivity contribution < 1.29 is 4.79 Å². The van der Waals surface area contributed by atoms with Gasteiger partial charge < -0.3 is 16.0 Å². The second kappa shape index (κ2) is 8.22. The van der Waals surface area contributed by atoms with Crippen LogP contribution < -0.4 is 11.1 Å². The zero-order valence-corrected chi connectivity index (χ0v) is 14.6. The number of hydrogen-bond acceptors (Lipinski definition) is 5. The number of rotatable bonds is 8. The number of amides is 1. The molecular formula is C15H28N4OS. The molecule has 0 radical (unpaired) electrons. The van der Waals surface area contributed by atoms with Gasteiger partial charge in [-0.3, -0.25) is 4.79 Å². The van der Waals surface area contributed by atoms with Crippen LogP contribution in [-0.4, -0.2) is 34.4 Å². The molecule has 1 rings (SSSR count). The third kappa shape index (κ3) is 5.19. The molecule has 1 heterocycles. The van der Waals surface area contributed by atoms with E-state index in [0.717, 1.165) is 25.8 Å². The van der Waals surface area contributed by atoms with Crippen molar-refractivity contribution in [3.05, 3.63) is 4.88 Å². The van der Waals surface area contributed by atoms with Crippen LogP contribution in [0.1, 0.15) is 63.6 Å². The Hall–Kier alpha value is -1.30. The highest BCUT2D eigenvalue weighted by Crippen LogP contribution is 2.27. The number of nitrogens with two attached hydrogens (primary N) is 1. The molecule has 6 heteroatoms. The molecule has 0 unspecified atom stereocenters. The van der Waals surface area contributed by atoms with Crippen molar-refractivity contribution >= 4 is 28.2 Å². The molecule has 120 valence electrons. The number of carbonyl (C=O) groups is 1. The molecule has 5 nitrogen and oxygen atoms in total. The Kier molecular flexibility index (Phi) is 6.95. The molecule has 0 bridgehead atoms. The summed E-state index contributed by atoms with van der Waals surface area (Å²) in [6, 6.07) is 0.432.